The number of hydrogen-bond acceptors (Lipinski definition) is 3. The monoisotopic (exact) mass is 316 g/mol. The quantitative estimate of drug-likeness (QED) is 0.517. The van der Waals surface area contributed by atoms with Crippen LogP contribution in [-0.2, 0) is 0 Å². The van der Waals surface area contributed by atoms with E-state index in [1.54, 1.807) is 0 Å². The first-order valence-electron chi connectivity index (χ1n) is 4.26. The molecule has 0 heterocycles. The minimum absolute atomic E-state index is 0.0469. The number of carboxylic acids is 1. The molecule has 0 atom stereocenters. The van der Waals surface area contributed by atoms with Crippen molar-refractivity contribution in [2.75, 3.05) is 0 Å². The molecule has 0 unspecified atom stereocenters. The van der Waals surface area contributed by atoms with Gasteiger partial charge in [-0.3, -0.25) is 0 Å². The Morgan fingerprint density at radius 1 is 1.47 bits per heavy atom. The summed E-state index contributed by atoms with van der Waals surface area (Å²) in [7, 11) is 0. The van der Waals surface area contributed by atoms with Crippen LogP contribution in [0.15, 0.2) is 18.2 Å². The molecule has 15 heavy (non-hydrogen) atoms. The maximum absolute atomic E-state index is 10.9. The molecule has 1 aromatic carbocycles. The van der Waals surface area contributed by atoms with Crippen LogP contribution < -0.4 is 3.58 Å². The van der Waals surface area contributed by atoms with Gasteiger partial charge in [0.2, 0.25) is 0 Å². The van der Waals surface area contributed by atoms with Crippen molar-refractivity contribution < 1.29 is 14.8 Å². The zero-order valence-corrected chi connectivity index (χ0v) is 11.2. The van der Waals surface area contributed by atoms with E-state index in [4.69, 9.17) is 5.11 Å². The van der Waals surface area contributed by atoms with Gasteiger partial charge in [-0.05, 0) is 0 Å². The molecule has 0 aliphatic heterocycles. The van der Waals surface area contributed by atoms with Crippen molar-refractivity contribution >= 4 is 35.0 Å². The molecule has 0 aromatic heterocycles. The predicted molar refractivity (Wildman–Crippen MR) is 57.2 cm³/mol. The molecule has 0 aliphatic rings. The Kier molecular flexibility index (Phi) is 3.67. The molecule has 0 fully saturated rings. The summed E-state index contributed by atoms with van der Waals surface area (Å²) in [5.74, 6) is -1.09. The third kappa shape index (κ3) is 2.47. The second-order valence-electron chi connectivity index (χ2n) is 3.26. The summed E-state index contributed by atoms with van der Waals surface area (Å²) in [5, 5.41) is 19.7. The molecule has 1 aromatic rings. The van der Waals surface area contributed by atoms with Crippen LogP contribution >= 0.6 is 0 Å². The van der Waals surface area contributed by atoms with Crippen molar-refractivity contribution in [2.45, 2.75) is 9.88 Å². The molecule has 6 heteroatoms. The summed E-state index contributed by atoms with van der Waals surface area (Å²) in [6.45, 7) is 0. The van der Waals surface area contributed by atoms with Crippen molar-refractivity contribution in [3.8, 4) is 0 Å². The average Bonchev–Trinajstić information content (AvgIpc) is 2.16. The Hall–Kier alpha value is -1.11. The van der Waals surface area contributed by atoms with Gasteiger partial charge in [0.15, 0.2) is 0 Å². The van der Waals surface area contributed by atoms with Crippen LogP contribution in [0.5, 0.6) is 0 Å². The number of hydrogen-bond donors (Lipinski definition) is 1. The van der Waals surface area contributed by atoms with Crippen LogP contribution in [0.2, 0.25) is 9.88 Å². The van der Waals surface area contributed by atoms with Crippen molar-refractivity contribution in [1.29, 1.82) is 0 Å². The second kappa shape index (κ2) is 4.61. The van der Waals surface area contributed by atoms with E-state index < -0.39 is 30.7 Å². The second-order valence-corrected chi connectivity index (χ2v) is 10.4. The van der Waals surface area contributed by atoms with Gasteiger partial charge in [0, 0.05) is 0 Å². The average molecular weight is 315 g/mol. The first-order valence-corrected chi connectivity index (χ1v) is 11.4. The van der Waals surface area contributed by atoms with E-state index in [1.165, 1.54) is 18.2 Å². The van der Waals surface area contributed by atoms with Crippen molar-refractivity contribution in [2.24, 2.45) is 0 Å². The van der Waals surface area contributed by atoms with Crippen molar-refractivity contribution in [1.82, 2.24) is 0 Å². The van der Waals surface area contributed by atoms with Crippen LogP contribution in [0.3, 0.4) is 0 Å². The zero-order chi connectivity index (χ0) is 11.6. The Labute approximate surface area is 93.6 Å². The van der Waals surface area contributed by atoms with Gasteiger partial charge in [-0.15, -0.1) is 0 Å². The van der Waals surface area contributed by atoms with Gasteiger partial charge in [0.1, 0.15) is 0 Å². The van der Waals surface area contributed by atoms with Gasteiger partial charge < -0.3 is 0 Å². The van der Waals surface area contributed by atoms with E-state index >= 15 is 0 Å². The van der Waals surface area contributed by atoms with Gasteiger partial charge in [0.25, 0.3) is 0 Å². The number of benzene rings is 1. The Morgan fingerprint density at radius 3 is 2.47 bits per heavy atom. The summed E-state index contributed by atoms with van der Waals surface area (Å²) < 4.78 is 0.470. The zero-order valence-electron chi connectivity index (χ0n) is 8.35. The van der Waals surface area contributed by atoms with E-state index in [0.29, 0.717) is 3.58 Å². The number of nitro groups is 1. The number of aromatic carboxylic acids is 1. The van der Waals surface area contributed by atoms with Crippen LogP contribution in [0.1, 0.15) is 10.4 Å². The molecular formula is C9H10NO4Sn. The van der Waals surface area contributed by atoms with E-state index in [9.17, 15) is 14.9 Å². The number of carbonyl (C=O) groups is 1. The molecule has 0 aliphatic carbocycles. The molecule has 1 N–H and O–H groups in total. The molecule has 79 valence electrons. The van der Waals surface area contributed by atoms with Gasteiger partial charge in [-0.1, -0.05) is 0 Å². The summed E-state index contributed by atoms with van der Waals surface area (Å²) in [6, 6.07) is 4.21. The molecule has 5 nitrogen and oxygen atoms in total. The van der Waals surface area contributed by atoms with Crippen LogP contribution in [0.25, 0.3) is 0 Å². The van der Waals surface area contributed by atoms with E-state index in [-0.39, 0.29) is 11.3 Å². The molecular weight excluding hydrogens is 305 g/mol. The van der Waals surface area contributed by atoms with Gasteiger partial charge >= 0.3 is 93.6 Å². The SMILES string of the molecule is [CH3][Sn]([CH3])[c]1c(C(=O)O)cccc1[N+](=O)[O-]. The van der Waals surface area contributed by atoms with Crippen molar-refractivity contribution in [3.05, 3.63) is 33.9 Å². The Balaban J connectivity index is 3.48. The number of nitrogens with zero attached hydrogens (tertiary/aromatic N) is 1. The molecule has 1 rings (SSSR count). The summed E-state index contributed by atoms with van der Waals surface area (Å²) in [5.41, 5.74) is 0.0397. The Bertz CT molecular complexity index is 384. The number of rotatable bonds is 3. The fourth-order valence-corrected chi connectivity index (χ4v) is 5.44. The van der Waals surface area contributed by atoms with Gasteiger partial charge in [-0.25, -0.2) is 0 Å². The number of carboxylic acid groups (broad SMARTS) is 1. The molecule has 0 saturated heterocycles. The van der Waals surface area contributed by atoms with E-state index in [1.807, 2.05) is 9.88 Å². The fourth-order valence-electron chi connectivity index (χ4n) is 1.40. The number of nitro benzene ring substituents is 1. The minimum atomic E-state index is -2.10. The van der Waals surface area contributed by atoms with Gasteiger partial charge in [0.05, 0.1) is 0 Å². The van der Waals surface area contributed by atoms with Crippen LogP contribution in [0.4, 0.5) is 5.69 Å². The summed E-state index contributed by atoms with van der Waals surface area (Å²) in [4.78, 5) is 25.0. The van der Waals surface area contributed by atoms with Crippen molar-refractivity contribution in [3.63, 3.8) is 0 Å². The first kappa shape index (κ1) is 12.0. The topological polar surface area (TPSA) is 80.4 Å². The summed E-state index contributed by atoms with van der Waals surface area (Å²) >= 11 is -2.10. The standard InChI is InChI=1S/C7H4NO4.2CH3.Sn/c9-7(10)5-2-1-3-6(4-5)8(11)12;;;/h1-3H,(H,9,10);2*1H3;. The van der Waals surface area contributed by atoms with E-state index in [2.05, 4.69) is 0 Å². The normalized spacial score (nSPS) is 10.3. The predicted octanol–water partition coefficient (Wildman–Crippen LogP) is 1.25. The third-order valence-electron chi connectivity index (χ3n) is 1.97. The fraction of sp³-hybridized carbons (Fsp3) is 0.222. The van der Waals surface area contributed by atoms with Gasteiger partial charge in [-0.2, -0.15) is 0 Å². The summed E-state index contributed by atoms with van der Waals surface area (Å²) in [6.07, 6.45) is 0. The molecule has 0 saturated carbocycles. The molecule has 0 bridgehead atoms. The van der Waals surface area contributed by atoms with Crippen LogP contribution in [0, 0.1) is 10.1 Å². The third-order valence-corrected chi connectivity index (χ3v) is 6.32. The maximum atomic E-state index is 10.9. The molecule has 1 radical (unpaired) electrons. The van der Waals surface area contributed by atoms with E-state index in [0.717, 1.165) is 0 Å². The Morgan fingerprint density at radius 2 is 2.07 bits per heavy atom. The first-order chi connectivity index (χ1) is 6.95. The van der Waals surface area contributed by atoms with Crippen LogP contribution in [-0.4, -0.2) is 35.8 Å². The molecule has 0 amide bonds. The molecule has 0 spiro atoms.